The lowest BCUT2D eigenvalue weighted by Gasteiger charge is -2.21. The molecule has 0 aliphatic carbocycles. The number of anilines is 2. The van der Waals surface area contributed by atoms with Crippen molar-refractivity contribution in [1.82, 2.24) is 5.32 Å². The second-order valence-electron chi connectivity index (χ2n) is 7.33. The number of carbonyl (C=O) groups excluding carboxylic acids is 1. The van der Waals surface area contributed by atoms with Crippen molar-refractivity contribution >= 4 is 34.6 Å². The quantitative estimate of drug-likeness (QED) is 0.748. The van der Waals surface area contributed by atoms with E-state index in [0.29, 0.717) is 11.5 Å². The van der Waals surface area contributed by atoms with Crippen LogP contribution in [0.3, 0.4) is 0 Å². The van der Waals surface area contributed by atoms with Crippen LogP contribution in [-0.4, -0.2) is 17.6 Å². The molecule has 0 radical (unpaired) electrons. The maximum Gasteiger partial charge on any atom is 0.227 e. The summed E-state index contributed by atoms with van der Waals surface area (Å²) < 4.78 is 0. The highest BCUT2D eigenvalue weighted by molar-refractivity contribution is 7.80. The van der Waals surface area contributed by atoms with E-state index >= 15 is 0 Å². The molecule has 1 fully saturated rings. The van der Waals surface area contributed by atoms with Gasteiger partial charge in [0.05, 0.1) is 6.04 Å². The van der Waals surface area contributed by atoms with Crippen LogP contribution < -0.4 is 15.5 Å². The molecule has 2 aromatic rings. The smallest absolute Gasteiger partial charge is 0.227 e. The van der Waals surface area contributed by atoms with Crippen LogP contribution in [0.2, 0.25) is 0 Å². The monoisotopic (exact) mass is 381 g/mol. The van der Waals surface area contributed by atoms with Crippen LogP contribution >= 0.6 is 12.2 Å². The summed E-state index contributed by atoms with van der Waals surface area (Å²) in [5, 5.41) is 7.22. The maximum absolute atomic E-state index is 12.0. The van der Waals surface area contributed by atoms with Crippen molar-refractivity contribution in [3.8, 4) is 0 Å². The topological polar surface area (TPSA) is 44.4 Å². The van der Waals surface area contributed by atoms with Gasteiger partial charge in [0.15, 0.2) is 5.11 Å². The van der Waals surface area contributed by atoms with Crippen LogP contribution in [0.5, 0.6) is 0 Å². The minimum Gasteiger partial charge on any atom is -0.356 e. The second-order valence-corrected chi connectivity index (χ2v) is 7.74. The average molecular weight is 382 g/mol. The van der Waals surface area contributed by atoms with Crippen LogP contribution in [0.1, 0.15) is 48.1 Å². The molecule has 0 aromatic heterocycles. The predicted molar refractivity (Wildman–Crippen MR) is 116 cm³/mol. The van der Waals surface area contributed by atoms with E-state index in [4.69, 9.17) is 12.2 Å². The summed E-state index contributed by atoms with van der Waals surface area (Å²) in [6.07, 6.45) is 1.58. The molecule has 5 heteroatoms. The highest BCUT2D eigenvalue weighted by atomic mass is 32.1. The van der Waals surface area contributed by atoms with Gasteiger partial charge in [-0.1, -0.05) is 23.8 Å². The molecule has 0 spiro atoms. The van der Waals surface area contributed by atoms with Gasteiger partial charge in [-0.3, -0.25) is 4.79 Å². The Balaban J connectivity index is 1.66. The van der Waals surface area contributed by atoms with E-state index in [2.05, 4.69) is 49.6 Å². The van der Waals surface area contributed by atoms with E-state index in [1.807, 2.05) is 30.0 Å². The van der Waals surface area contributed by atoms with E-state index in [0.717, 1.165) is 29.9 Å². The molecule has 1 heterocycles. The van der Waals surface area contributed by atoms with Gasteiger partial charge in [0.2, 0.25) is 5.91 Å². The lowest BCUT2D eigenvalue weighted by atomic mass is 10.0. The van der Waals surface area contributed by atoms with Gasteiger partial charge in [0.25, 0.3) is 0 Å². The van der Waals surface area contributed by atoms with Crippen molar-refractivity contribution in [2.45, 2.75) is 46.6 Å². The number of hydrogen-bond donors (Lipinski definition) is 2. The van der Waals surface area contributed by atoms with Crippen molar-refractivity contribution in [3.63, 3.8) is 0 Å². The Morgan fingerprint density at radius 3 is 2.56 bits per heavy atom. The summed E-state index contributed by atoms with van der Waals surface area (Å²) in [4.78, 5) is 13.8. The first-order valence-electron chi connectivity index (χ1n) is 9.41. The summed E-state index contributed by atoms with van der Waals surface area (Å²) in [5.74, 6) is 0.207. The van der Waals surface area contributed by atoms with Gasteiger partial charge in [-0.2, -0.15) is 0 Å². The lowest BCUT2D eigenvalue weighted by molar-refractivity contribution is -0.117. The third-order valence-electron chi connectivity index (χ3n) is 5.07. The van der Waals surface area contributed by atoms with Crippen LogP contribution in [0.25, 0.3) is 0 Å². The van der Waals surface area contributed by atoms with Gasteiger partial charge in [-0.25, -0.2) is 0 Å². The molecule has 142 valence electrons. The van der Waals surface area contributed by atoms with Gasteiger partial charge in [-0.15, -0.1) is 0 Å². The van der Waals surface area contributed by atoms with Crippen LogP contribution in [0, 0.1) is 20.8 Å². The Morgan fingerprint density at radius 2 is 1.89 bits per heavy atom. The molecule has 0 bridgehead atoms. The van der Waals surface area contributed by atoms with Crippen molar-refractivity contribution < 1.29 is 4.79 Å². The lowest BCUT2D eigenvalue weighted by Crippen LogP contribution is -2.31. The Kier molecular flexibility index (Phi) is 5.80. The van der Waals surface area contributed by atoms with Crippen molar-refractivity contribution in [1.29, 1.82) is 0 Å². The molecule has 1 saturated heterocycles. The van der Waals surface area contributed by atoms with Crippen molar-refractivity contribution in [2.75, 3.05) is 16.8 Å². The van der Waals surface area contributed by atoms with Crippen LogP contribution in [0.4, 0.5) is 11.4 Å². The van der Waals surface area contributed by atoms with Crippen LogP contribution in [-0.2, 0) is 4.79 Å². The molecule has 1 aliphatic heterocycles. The Labute approximate surface area is 167 Å². The molecule has 2 N–H and O–H groups in total. The minimum atomic E-state index is 0.118. The van der Waals surface area contributed by atoms with E-state index < -0.39 is 0 Å². The molecular weight excluding hydrogens is 354 g/mol. The summed E-state index contributed by atoms with van der Waals surface area (Å²) in [6.45, 7) is 9.16. The summed E-state index contributed by atoms with van der Waals surface area (Å²) in [6, 6.07) is 12.6. The first-order valence-corrected chi connectivity index (χ1v) is 9.81. The number of nitrogens with one attached hydrogen (secondary N) is 2. The maximum atomic E-state index is 12.0. The normalized spacial score (nSPS) is 15.0. The number of thiocarbonyl (C=S) groups is 1. The first kappa shape index (κ1) is 19.4. The zero-order valence-corrected chi connectivity index (χ0v) is 17.2. The summed E-state index contributed by atoms with van der Waals surface area (Å²) in [7, 11) is 0. The Hall–Kier alpha value is -2.40. The fraction of sp³-hybridized carbons (Fsp3) is 0.364. The Morgan fingerprint density at radius 1 is 1.11 bits per heavy atom. The van der Waals surface area contributed by atoms with Crippen LogP contribution in [0.15, 0.2) is 36.4 Å². The average Bonchev–Trinajstić information content (AvgIpc) is 3.02. The van der Waals surface area contributed by atoms with E-state index in [-0.39, 0.29) is 11.9 Å². The molecule has 27 heavy (non-hydrogen) atoms. The van der Waals surface area contributed by atoms with E-state index in [9.17, 15) is 4.79 Å². The van der Waals surface area contributed by atoms with Crippen molar-refractivity contribution in [2.24, 2.45) is 0 Å². The number of benzene rings is 2. The Bertz CT molecular complexity index is 878. The zero-order chi connectivity index (χ0) is 19.6. The number of amides is 1. The standard InChI is InChI=1S/C22H27N3OS/c1-14-7-8-15(2)19(12-14)17(4)23-22(27)24-18-9-10-20(16(3)13-18)25-11-5-6-21(25)26/h7-10,12-13,17H,5-6,11H2,1-4H3,(H2,23,24,27)/t17-/m0/s1. The molecule has 0 saturated carbocycles. The molecule has 2 aromatic carbocycles. The summed E-state index contributed by atoms with van der Waals surface area (Å²) in [5.41, 5.74) is 6.72. The van der Waals surface area contributed by atoms with Gasteiger partial charge in [0, 0.05) is 24.3 Å². The fourth-order valence-electron chi connectivity index (χ4n) is 3.61. The van der Waals surface area contributed by atoms with Crippen molar-refractivity contribution in [3.05, 3.63) is 58.7 Å². The molecule has 1 aliphatic rings. The van der Waals surface area contributed by atoms with Gasteiger partial charge in [-0.05, 0) is 81.2 Å². The molecule has 1 amide bonds. The van der Waals surface area contributed by atoms with E-state index in [1.54, 1.807) is 0 Å². The number of rotatable bonds is 4. The molecule has 1 atom stereocenters. The number of nitrogens with zero attached hydrogens (tertiary/aromatic N) is 1. The van der Waals surface area contributed by atoms with Gasteiger partial charge >= 0.3 is 0 Å². The number of hydrogen-bond acceptors (Lipinski definition) is 2. The largest absolute Gasteiger partial charge is 0.356 e. The van der Waals surface area contributed by atoms with E-state index in [1.165, 1.54) is 16.7 Å². The molecule has 0 unspecified atom stereocenters. The highest BCUT2D eigenvalue weighted by Gasteiger charge is 2.23. The number of carbonyl (C=O) groups is 1. The zero-order valence-electron chi connectivity index (χ0n) is 16.4. The molecule has 4 nitrogen and oxygen atoms in total. The molecule has 3 rings (SSSR count). The summed E-state index contributed by atoms with van der Waals surface area (Å²) >= 11 is 5.50. The highest BCUT2D eigenvalue weighted by Crippen LogP contribution is 2.27. The van der Waals surface area contributed by atoms with Gasteiger partial charge in [0.1, 0.15) is 0 Å². The minimum absolute atomic E-state index is 0.118. The predicted octanol–water partition coefficient (Wildman–Crippen LogP) is 4.79. The fourth-order valence-corrected chi connectivity index (χ4v) is 3.90. The third kappa shape index (κ3) is 4.48. The third-order valence-corrected chi connectivity index (χ3v) is 5.29. The SMILES string of the molecule is Cc1ccc(C)c([C@H](C)NC(=S)Nc2ccc(N3CCCC3=O)c(C)c2)c1. The van der Waals surface area contributed by atoms with Gasteiger partial charge < -0.3 is 15.5 Å². The second kappa shape index (κ2) is 8.09. The number of aryl methyl sites for hydroxylation is 3. The molecular formula is C22H27N3OS. The first-order chi connectivity index (χ1) is 12.8.